The Labute approximate surface area is 137 Å². The molecule has 0 radical (unpaired) electrons. The summed E-state index contributed by atoms with van der Waals surface area (Å²) in [4.78, 5) is 24.6. The van der Waals surface area contributed by atoms with Crippen molar-refractivity contribution in [1.82, 2.24) is 25.1 Å². The first-order valence-electron chi connectivity index (χ1n) is 7.94. The summed E-state index contributed by atoms with van der Waals surface area (Å²) in [6.07, 6.45) is 3.10. The number of carbonyl (C=O) groups is 1. The highest BCUT2D eigenvalue weighted by molar-refractivity contribution is 5.93. The summed E-state index contributed by atoms with van der Waals surface area (Å²) in [5.74, 6) is 0.398. The lowest BCUT2D eigenvalue weighted by molar-refractivity contribution is 0.0398. The van der Waals surface area contributed by atoms with Gasteiger partial charge in [0.2, 0.25) is 5.95 Å². The molecule has 0 atom stereocenters. The number of anilines is 1. The molecule has 2 rings (SSSR count). The fourth-order valence-corrected chi connectivity index (χ4v) is 2.18. The topological polar surface area (TPSA) is 82.6 Å². The minimum absolute atomic E-state index is 0.147. The molecule has 0 saturated carbocycles. The third kappa shape index (κ3) is 6.47. The van der Waals surface area contributed by atoms with E-state index in [0.29, 0.717) is 18.1 Å². The van der Waals surface area contributed by atoms with E-state index in [1.807, 2.05) is 19.0 Å². The molecule has 0 bridgehead atoms. The Hall–Kier alpha value is -1.77. The number of aromatic nitrogens is 2. The molecule has 8 heteroatoms. The predicted molar refractivity (Wildman–Crippen MR) is 88.7 cm³/mol. The van der Waals surface area contributed by atoms with Crippen LogP contribution in [0.1, 0.15) is 10.4 Å². The van der Waals surface area contributed by atoms with Gasteiger partial charge in [-0.3, -0.25) is 9.69 Å². The van der Waals surface area contributed by atoms with E-state index in [1.54, 1.807) is 12.4 Å². The third-order valence-electron chi connectivity index (χ3n) is 3.57. The SMILES string of the molecule is CN(C)CCNC(=O)c1cnc(NCCN2CCOCC2)nc1. The molecule has 1 aliphatic rings. The summed E-state index contributed by atoms with van der Waals surface area (Å²) < 4.78 is 5.31. The van der Waals surface area contributed by atoms with Crippen LogP contribution in [0.5, 0.6) is 0 Å². The van der Waals surface area contributed by atoms with Crippen molar-refractivity contribution in [2.45, 2.75) is 0 Å². The molecule has 1 fully saturated rings. The van der Waals surface area contributed by atoms with Crippen LogP contribution in [0, 0.1) is 0 Å². The van der Waals surface area contributed by atoms with E-state index in [2.05, 4.69) is 25.5 Å². The fraction of sp³-hybridized carbons (Fsp3) is 0.667. The van der Waals surface area contributed by atoms with Crippen molar-refractivity contribution in [1.29, 1.82) is 0 Å². The van der Waals surface area contributed by atoms with Crippen LogP contribution in [-0.4, -0.2) is 92.3 Å². The first-order valence-corrected chi connectivity index (χ1v) is 7.94. The summed E-state index contributed by atoms with van der Waals surface area (Å²) in [7, 11) is 3.93. The maximum atomic E-state index is 11.9. The van der Waals surface area contributed by atoms with Gasteiger partial charge in [0.1, 0.15) is 0 Å². The van der Waals surface area contributed by atoms with E-state index in [0.717, 1.165) is 45.9 Å². The zero-order valence-corrected chi connectivity index (χ0v) is 13.9. The van der Waals surface area contributed by atoms with Crippen LogP contribution in [0.4, 0.5) is 5.95 Å². The van der Waals surface area contributed by atoms with Crippen molar-refractivity contribution in [3.63, 3.8) is 0 Å². The molecule has 2 heterocycles. The van der Waals surface area contributed by atoms with Crippen LogP contribution in [0.25, 0.3) is 0 Å². The van der Waals surface area contributed by atoms with Crippen molar-refractivity contribution in [3.8, 4) is 0 Å². The molecule has 8 nitrogen and oxygen atoms in total. The lowest BCUT2D eigenvalue weighted by atomic mass is 10.3. The number of hydrogen-bond acceptors (Lipinski definition) is 7. The maximum Gasteiger partial charge on any atom is 0.254 e. The molecule has 1 aromatic heterocycles. The molecule has 0 spiro atoms. The predicted octanol–water partition coefficient (Wildman–Crippen LogP) is -0.488. The molecular formula is C15H26N6O2. The Balaban J connectivity index is 1.70. The molecule has 128 valence electrons. The van der Waals surface area contributed by atoms with Gasteiger partial charge in [-0.05, 0) is 14.1 Å². The number of nitrogens with zero attached hydrogens (tertiary/aromatic N) is 4. The average Bonchev–Trinajstić information content (AvgIpc) is 2.56. The van der Waals surface area contributed by atoms with Crippen molar-refractivity contribution in [3.05, 3.63) is 18.0 Å². The number of ether oxygens (including phenoxy) is 1. The number of amides is 1. The van der Waals surface area contributed by atoms with E-state index in [1.165, 1.54) is 0 Å². The number of carbonyl (C=O) groups excluding carboxylic acids is 1. The van der Waals surface area contributed by atoms with Crippen molar-refractivity contribution < 1.29 is 9.53 Å². The van der Waals surface area contributed by atoms with Crippen LogP contribution < -0.4 is 10.6 Å². The average molecular weight is 322 g/mol. The quantitative estimate of drug-likeness (QED) is 0.668. The minimum atomic E-state index is -0.147. The molecule has 0 aliphatic carbocycles. The smallest absolute Gasteiger partial charge is 0.254 e. The van der Waals surface area contributed by atoms with Gasteiger partial charge in [0.25, 0.3) is 5.91 Å². The highest BCUT2D eigenvalue weighted by Gasteiger charge is 2.10. The second-order valence-electron chi connectivity index (χ2n) is 5.74. The van der Waals surface area contributed by atoms with Gasteiger partial charge < -0.3 is 20.3 Å². The summed E-state index contributed by atoms with van der Waals surface area (Å²) >= 11 is 0. The minimum Gasteiger partial charge on any atom is -0.379 e. The number of likely N-dealkylation sites (N-methyl/N-ethyl adjacent to an activating group) is 1. The molecule has 1 saturated heterocycles. The Morgan fingerprint density at radius 1 is 1.26 bits per heavy atom. The Morgan fingerprint density at radius 2 is 1.96 bits per heavy atom. The zero-order chi connectivity index (χ0) is 16.5. The summed E-state index contributed by atoms with van der Waals surface area (Å²) in [5.41, 5.74) is 0.475. The van der Waals surface area contributed by atoms with E-state index in [9.17, 15) is 4.79 Å². The van der Waals surface area contributed by atoms with Crippen molar-refractivity contribution >= 4 is 11.9 Å². The number of morpholine rings is 1. The van der Waals surface area contributed by atoms with E-state index in [-0.39, 0.29) is 5.91 Å². The Morgan fingerprint density at radius 3 is 2.61 bits per heavy atom. The zero-order valence-electron chi connectivity index (χ0n) is 13.9. The van der Waals surface area contributed by atoms with Crippen LogP contribution in [0.2, 0.25) is 0 Å². The molecule has 2 N–H and O–H groups in total. The second-order valence-corrected chi connectivity index (χ2v) is 5.74. The highest BCUT2D eigenvalue weighted by atomic mass is 16.5. The standard InChI is InChI=1S/C15H26N6O2/c1-20(2)5-3-16-14(22)13-11-18-15(19-12-13)17-4-6-21-7-9-23-10-8-21/h11-12H,3-10H2,1-2H3,(H,16,22)(H,17,18,19). The lowest BCUT2D eigenvalue weighted by Crippen LogP contribution is -2.39. The number of nitrogens with one attached hydrogen (secondary N) is 2. The first-order chi connectivity index (χ1) is 11.1. The summed E-state index contributed by atoms with van der Waals surface area (Å²) in [6, 6.07) is 0. The van der Waals surface area contributed by atoms with Gasteiger partial charge in [-0.15, -0.1) is 0 Å². The Bertz CT molecular complexity index is 473. The molecule has 0 unspecified atom stereocenters. The summed E-state index contributed by atoms with van der Waals surface area (Å²) in [5, 5.41) is 6.01. The van der Waals surface area contributed by atoms with Gasteiger partial charge in [-0.25, -0.2) is 9.97 Å². The van der Waals surface area contributed by atoms with E-state index in [4.69, 9.17) is 4.74 Å². The van der Waals surface area contributed by atoms with E-state index >= 15 is 0 Å². The Kier molecular flexibility index (Phi) is 7.18. The number of rotatable bonds is 8. The molecule has 1 aliphatic heterocycles. The molecule has 1 amide bonds. The highest BCUT2D eigenvalue weighted by Crippen LogP contribution is 2.01. The van der Waals surface area contributed by atoms with Crippen molar-refractivity contribution in [2.75, 3.05) is 71.9 Å². The molecule has 23 heavy (non-hydrogen) atoms. The second kappa shape index (κ2) is 9.39. The van der Waals surface area contributed by atoms with E-state index < -0.39 is 0 Å². The van der Waals surface area contributed by atoms with Gasteiger partial charge in [-0.1, -0.05) is 0 Å². The maximum absolute atomic E-state index is 11.9. The van der Waals surface area contributed by atoms with Crippen molar-refractivity contribution in [2.24, 2.45) is 0 Å². The van der Waals surface area contributed by atoms with Gasteiger partial charge in [0.05, 0.1) is 18.8 Å². The fourth-order valence-electron chi connectivity index (χ4n) is 2.18. The lowest BCUT2D eigenvalue weighted by Gasteiger charge is -2.26. The largest absolute Gasteiger partial charge is 0.379 e. The monoisotopic (exact) mass is 322 g/mol. The molecule has 1 aromatic rings. The third-order valence-corrected chi connectivity index (χ3v) is 3.57. The molecule has 0 aromatic carbocycles. The van der Waals surface area contributed by atoms with Crippen LogP contribution >= 0.6 is 0 Å². The first kappa shape index (κ1) is 17.6. The van der Waals surface area contributed by atoms with Crippen LogP contribution in [-0.2, 0) is 4.74 Å². The molecular weight excluding hydrogens is 296 g/mol. The van der Waals surface area contributed by atoms with Gasteiger partial charge in [0.15, 0.2) is 0 Å². The summed E-state index contributed by atoms with van der Waals surface area (Å²) in [6.45, 7) is 6.64. The normalized spacial score (nSPS) is 15.6. The van der Waals surface area contributed by atoms with Gasteiger partial charge in [0, 0.05) is 51.7 Å². The van der Waals surface area contributed by atoms with Crippen LogP contribution in [0.15, 0.2) is 12.4 Å². The van der Waals surface area contributed by atoms with Gasteiger partial charge >= 0.3 is 0 Å². The van der Waals surface area contributed by atoms with Gasteiger partial charge in [-0.2, -0.15) is 0 Å². The van der Waals surface area contributed by atoms with Crippen LogP contribution in [0.3, 0.4) is 0 Å². The number of hydrogen-bond donors (Lipinski definition) is 2.